The Morgan fingerprint density at radius 3 is 2.50 bits per heavy atom. The lowest BCUT2D eigenvalue weighted by Crippen LogP contribution is -2.51. The van der Waals surface area contributed by atoms with Gasteiger partial charge in [-0.05, 0) is 38.5 Å². The molecule has 108 valence electrons. The number of rotatable bonds is 6. The molecule has 3 nitrogen and oxygen atoms in total. The molecule has 0 spiro atoms. The van der Waals surface area contributed by atoms with Gasteiger partial charge in [-0.2, -0.15) is 0 Å². The van der Waals surface area contributed by atoms with Gasteiger partial charge in [0.05, 0.1) is 11.2 Å². The van der Waals surface area contributed by atoms with Crippen molar-refractivity contribution in [3.63, 3.8) is 0 Å². The van der Waals surface area contributed by atoms with Crippen molar-refractivity contribution >= 4 is 0 Å². The molecule has 1 heterocycles. The summed E-state index contributed by atoms with van der Waals surface area (Å²) < 4.78 is 5.97. The molecular weight excluding hydrogens is 226 g/mol. The van der Waals surface area contributed by atoms with Gasteiger partial charge in [0, 0.05) is 19.2 Å². The van der Waals surface area contributed by atoms with E-state index < -0.39 is 5.60 Å². The molecule has 0 aliphatic carbocycles. The number of ether oxygens (including phenoxy) is 1. The minimum Gasteiger partial charge on any atom is -0.389 e. The van der Waals surface area contributed by atoms with E-state index in [1.807, 2.05) is 6.92 Å². The van der Waals surface area contributed by atoms with Crippen molar-refractivity contribution in [2.45, 2.75) is 77.5 Å². The number of hydrogen-bond acceptors (Lipinski definition) is 3. The van der Waals surface area contributed by atoms with Crippen LogP contribution in [0.2, 0.25) is 0 Å². The van der Waals surface area contributed by atoms with E-state index in [1.54, 1.807) is 0 Å². The number of hydrogen-bond donors (Lipinski definition) is 2. The molecule has 2 atom stereocenters. The maximum atomic E-state index is 10.3. The fraction of sp³-hybridized carbons (Fsp3) is 1.00. The summed E-state index contributed by atoms with van der Waals surface area (Å²) in [7, 11) is 0. The SMILES string of the molecule is CCC1(CC)CC(NCC(C)(O)C(C)C)CCO1. The molecule has 1 aliphatic heterocycles. The van der Waals surface area contributed by atoms with Gasteiger partial charge in [-0.1, -0.05) is 27.7 Å². The molecule has 0 radical (unpaired) electrons. The molecule has 2 N–H and O–H groups in total. The lowest BCUT2D eigenvalue weighted by atomic mass is 9.85. The van der Waals surface area contributed by atoms with Gasteiger partial charge in [-0.15, -0.1) is 0 Å². The smallest absolute Gasteiger partial charge is 0.0766 e. The van der Waals surface area contributed by atoms with Crippen molar-refractivity contribution in [3.8, 4) is 0 Å². The van der Waals surface area contributed by atoms with Crippen molar-refractivity contribution in [3.05, 3.63) is 0 Å². The summed E-state index contributed by atoms with van der Waals surface area (Å²) in [4.78, 5) is 0. The summed E-state index contributed by atoms with van der Waals surface area (Å²) in [5, 5.41) is 13.8. The summed E-state index contributed by atoms with van der Waals surface area (Å²) in [6.07, 6.45) is 4.26. The van der Waals surface area contributed by atoms with Gasteiger partial charge in [0.25, 0.3) is 0 Å². The van der Waals surface area contributed by atoms with Crippen LogP contribution in [-0.4, -0.2) is 35.5 Å². The molecular formula is C15H31NO2. The summed E-state index contributed by atoms with van der Waals surface area (Å²) in [6, 6.07) is 0.476. The molecule has 0 aromatic rings. The fourth-order valence-electron chi connectivity index (χ4n) is 2.50. The van der Waals surface area contributed by atoms with Gasteiger partial charge in [-0.25, -0.2) is 0 Å². The Morgan fingerprint density at radius 2 is 2.00 bits per heavy atom. The van der Waals surface area contributed by atoms with E-state index in [0.717, 1.165) is 32.3 Å². The Balaban J connectivity index is 2.48. The molecule has 0 saturated carbocycles. The summed E-state index contributed by atoms with van der Waals surface area (Å²) in [6.45, 7) is 12.0. The average Bonchev–Trinajstić information content (AvgIpc) is 2.36. The monoisotopic (exact) mass is 257 g/mol. The molecule has 1 saturated heterocycles. The van der Waals surface area contributed by atoms with E-state index >= 15 is 0 Å². The van der Waals surface area contributed by atoms with Crippen LogP contribution >= 0.6 is 0 Å². The molecule has 1 aliphatic rings. The maximum absolute atomic E-state index is 10.3. The molecule has 18 heavy (non-hydrogen) atoms. The zero-order chi connectivity index (χ0) is 13.8. The first-order chi connectivity index (χ1) is 8.35. The van der Waals surface area contributed by atoms with Crippen LogP contribution in [-0.2, 0) is 4.74 Å². The van der Waals surface area contributed by atoms with E-state index in [4.69, 9.17) is 4.74 Å². The zero-order valence-electron chi connectivity index (χ0n) is 12.8. The van der Waals surface area contributed by atoms with E-state index in [-0.39, 0.29) is 11.5 Å². The highest BCUT2D eigenvalue weighted by Crippen LogP contribution is 2.31. The Labute approximate surface area is 112 Å². The second kappa shape index (κ2) is 6.36. The van der Waals surface area contributed by atoms with Crippen molar-refractivity contribution in [1.29, 1.82) is 0 Å². The highest BCUT2D eigenvalue weighted by molar-refractivity contribution is 4.90. The molecule has 0 bridgehead atoms. The van der Waals surface area contributed by atoms with Crippen LogP contribution in [0, 0.1) is 5.92 Å². The third-order valence-corrected chi connectivity index (χ3v) is 4.77. The third kappa shape index (κ3) is 3.94. The lowest BCUT2D eigenvalue weighted by molar-refractivity contribution is -0.0958. The predicted molar refractivity (Wildman–Crippen MR) is 75.8 cm³/mol. The Bertz CT molecular complexity index is 247. The minimum atomic E-state index is -0.626. The zero-order valence-corrected chi connectivity index (χ0v) is 12.8. The van der Waals surface area contributed by atoms with Gasteiger partial charge < -0.3 is 15.2 Å². The minimum absolute atomic E-state index is 0.0552. The van der Waals surface area contributed by atoms with E-state index in [9.17, 15) is 5.11 Å². The first-order valence-corrected chi connectivity index (χ1v) is 7.45. The van der Waals surface area contributed by atoms with Gasteiger partial charge in [0.15, 0.2) is 0 Å². The Hall–Kier alpha value is -0.120. The molecule has 0 aromatic carbocycles. The first-order valence-electron chi connectivity index (χ1n) is 7.45. The van der Waals surface area contributed by atoms with E-state index in [0.29, 0.717) is 12.6 Å². The van der Waals surface area contributed by atoms with Crippen LogP contribution in [0.4, 0.5) is 0 Å². The fourth-order valence-corrected chi connectivity index (χ4v) is 2.50. The molecule has 0 aromatic heterocycles. The summed E-state index contributed by atoms with van der Waals surface area (Å²) in [5.41, 5.74) is -0.570. The summed E-state index contributed by atoms with van der Waals surface area (Å²) >= 11 is 0. The summed E-state index contributed by atoms with van der Waals surface area (Å²) in [5.74, 6) is 0.270. The molecule has 0 amide bonds. The maximum Gasteiger partial charge on any atom is 0.0766 e. The van der Waals surface area contributed by atoms with E-state index in [2.05, 4.69) is 33.0 Å². The average molecular weight is 257 g/mol. The number of aliphatic hydroxyl groups is 1. The van der Waals surface area contributed by atoms with Gasteiger partial charge >= 0.3 is 0 Å². The normalized spacial score (nSPS) is 27.2. The Kier molecular flexibility index (Phi) is 5.63. The largest absolute Gasteiger partial charge is 0.389 e. The second-order valence-corrected chi connectivity index (χ2v) is 6.32. The first kappa shape index (κ1) is 15.9. The third-order valence-electron chi connectivity index (χ3n) is 4.77. The predicted octanol–water partition coefficient (Wildman–Crippen LogP) is 2.72. The van der Waals surface area contributed by atoms with Gasteiger partial charge in [0.1, 0.15) is 0 Å². The lowest BCUT2D eigenvalue weighted by Gasteiger charge is -2.41. The van der Waals surface area contributed by atoms with Crippen LogP contribution in [0.5, 0.6) is 0 Å². The Morgan fingerprint density at radius 1 is 1.39 bits per heavy atom. The van der Waals surface area contributed by atoms with Crippen LogP contribution in [0.1, 0.15) is 60.3 Å². The van der Waals surface area contributed by atoms with Gasteiger partial charge in [-0.3, -0.25) is 0 Å². The van der Waals surface area contributed by atoms with Crippen molar-refractivity contribution in [2.24, 2.45) is 5.92 Å². The van der Waals surface area contributed by atoms with Crippen molar-refractivity contribution in [1.82, 2.24) is 5.32 Å². The van der Waals surface area contributed by atoms with Crippen LogP contribution < -0.4 is 5.32 Å². The van der Waals surface area contributed by atoms with Crippen LogP contribution in [0.15, 0.2) is 0 Å². The number of nitrogens with one attached hydrogen (secondary N) is 1. The van der Waals surface area contributed by atoms with Crippen LogP contribution in [0.3, 0.4) is 0 Å². The van der Waals surface area contributed by atoms with Crippen molar-refractivity contribution < 1.29 is 9.84 Å². The topological polar surface area (TPSA) is 41.5 Å². The van der Waals surface area contributed by atoms with E-state index in [1.165, 1.54) is 0 Å². The molecule has 2 unspecified atom stereocenters. The standard InChI is InChI=1S/C15H31NO2/c1-6-15(7-2)10-13(8-9-18-15)16-11-14(5,17)12(3)4/h12-13,16-17H,6-11H2,1-5H3. The molecule has 1 fully saturated rings. The van der Waals surface area contributed by atoms with Crippen molar-refractivity contribution in [2.75, 3.05) is 13.2 Å². The quantitative estimate of drug-likeness (QED) is 0.769. The molecule has 1 rings (SSSR count). The highest BCUT2D eigenvalue weighted by atomic mass is 16.5. The van der Waals surface area contributed by atoms with Crippen LogP contribution in [0.25, 0.3) is 0 Å². The molecule has 3 heteroatoms. The highest BCUT2D eigenvalue weighted by Gasteiger charge is 2.35. The van der Waals surface area contributed by atoms with Gasteiger partial charge in [0.2, 0.25) is 0 Å². The second-order valence-electron chi connectivity index (χ2n) is 6.32.